The summed E-state index contributed by atoms with van der Waals surface area (Å²) in [5.74, 6) is -0.273. The summed E-state index contributed by atoms with van der Waals surface area (Å²) in [6.07, 6.45) is 0.903. The topological polar surface area (TPSA) is 26.3 Å². The lowest BCUT2D eigenvalue weighted by molar-refractivity contribution is 0.0876. The summed E-state index contributed by atoms with van der Waals surface area (Å²) < 4.78 is 18.6. The Morgan fingerprint density at radius 2 is 1.94 bits per heavy atom. The highest BCUT2D eigenvalue weighted by molar-refractivity contribution is 6.00. The lowest BCUT2D eigenvalue weighted by Crippen LogP contribution is -2.17. The standard InChI is InChI=1S/C14H17FO2/c1-8-4-12(15)5-9(2)13(8)14(16)11-6-10(3)17-7-11/h4-5,10-11H,6-7H2,1-3H3. The lowest BCUT2D eigenvalue weighted by Gasteiger charge is -2.12. The molecular formula is C14H17FO2. The number of carbonyl (C=O) groups excluding carboxylic acids is 1. The van der Waals surface area contributed by atoms with Gasteiger partial charge in [-0.3, -0.25) is 4.79 Å². The molecule has 0 spiro atoms. The number of benzene rings is 1. The van der Waals surface area contributed by atoms with Gasteiger partial charge in [0.15, 0.2) is 5.78 Å². The zero-order valence-electron chi connectivity index (χ0n) is 10.4. The van der Waals surface area contributed by atoms with Gasteiger partial charge in [0.25, 0.3) is 0 Å². The summed E-state index contributed by atoms with van der Waals surface area (Å²) in [4.78, 5) is 12.3. The Kier molecular flexibility index (Phi) is 3.29. The number of ketones is 1. The van der Waals surface area contributed by atoms with Gasteiger partial charge in [-0.1, -0.05) is 0 Å². The van der Waals surface area contributed by atoms with Crippen molar-refractivity contribution in [3.8, 4) is 0 Å². The number of halogens is 1. The largest absolute Gasteiger partial charge is 0.378 e. The smallest absolute Gasteiger partial charge is 0.168 e. The molecule has 2 atom stereocenters. The van der Waals surface area contributed by atoms with Crippen LogP contribution in [0.25, 0.3) is 0 Å². The van der Waals surface area contributed by atoms with Crippen molar-refractivity contribution in [3.05, 3.63) is 34.6 Å². The first-order valence-corrected chi connectivity index (χ1v) is 5.91. The van der Waals surface area contributed by atoms with E-state index in [0.717, 1.165) is 6.42 Å². The lowest BCUT2D eigenvalue weighted by atomic mass is 9.90. The molecule has 0 amide bonds. The third kappa shape index (κ3) is 2.39. The molecule has 0 aliphatic carbocycles. The van der Waals surface area contributed by atoms with Crippen LogP contribution in [0.4, 0.5) is 4.39 Å². The first kappa shape index (κ1) is 12.2. The van der Waals surface area contributed by atoms with Crippen LogP contribution in [0, 0.1) is 25.6 Å². The van der Waals surface area contributed by atoms with E-state index in [1.807, 2.05) is 6.92 Å². The predicted molar refractivity (Wildman–Crippen MR) is 63.7 cm³/mol. The predicted octanol–water partition coefficient (Wildman–Crippen LogP) is 3.05. The van der Waals surface area contributed by atoms with Crippen molar-refractivity contribution in [3.63, 3.8) is 0 Å². The second kappa shape index (κ2) is 4.57. The van der Waals surface area contributed by atoms with E-state index in [1.54, 1.807) is 13.8 Å². The van der Waals surface area contributed by atoms with E-state index in [9.17, 15) is 9.18 Å². The summed E-state index contributed by atoms with van der Waals surface area (Å²) >= 11 is 0. The minimum Gasteiger partial charge on any atom is -0.378 e. The zero-order valence-corrected chi connectivity index (χ0v) is 10.4. The van der Waals surface area contributed by atoms with Gasteiger partial charge in [-0.15, -0.1) is 0 Å². The summed E-state index contributed by atoms with van der Waals surface area (Å²) in [6.45, 7) is 6.01. The number of ether oxygens (including phenoxy) is 1. The van der Waals surface area contributed by atoms with E-state index >= 15 is 0 Å². The fourth-order valence-corrected chi connectivity index (χ4v) is 2.50. The van der Waals surface area contributed by atoms with Crippen LogP contribution >= 0.6 is 0 Å². The van der Waals surface area contributed by atoms with Crippen molar-refractivity contribution in [1.29, 1.82) is 0 Å². The Hall–Kier alpha value is -1.22. The van der Waals surface area contributed by atoms with Gasteiger partial charge in [-0.2, -0.15) is 0 Å². The van der Waals surface area contributed by atoms with Gasteiger partial charge in [-0.05, 0) is 50.5 Å². The van der Waals surface area contributed by atoms with Crippen molar-refractivity contribution in [2.24, 2.45) is 5.92 Å². The Balaban J connectivity index is 2.31. The molecule has 1 aliphatic heterocycles. The van der Waals surface area contributed by atoms with Gasteiger partial charge in [0, 0.05) is 11.5 Å². The van der Waals surface area contributed by atoms with Crippen molar-refractivity contribution in [2.75, 3.05) is 6.61 Å². The fraction of sp³-hybridized carbons (Fsp3) is 0.500. The van der Waals surface area contributed by atoms with Crippen molar-refractivity contribution in [1.82, 2.24) is 0 Å². The Morgan fingerprint density at radius 1 is 1.35 bits per heavy atom. The molecule has 92 valence electrons. The number of rotatable bonds is 2. The average molecular weight is 236 g/mol. The monoisotopic (exact) mass is 236 g/mol. The van der Waals surface area contributed by atoms with Crippen LogP contribution in [0.3, 0.4) is 0 Å². The van der Waals surface area contributed by atoms with Gasteiger partial charge < -0.3 is 4.74 Å². The molecule has 1 fully saturated rings. The third-order valence-electron chi connectivity index (χ3n) is 3.31. The van der Waals surface area contributed by atoms with Gasteiger partial charge >= 0.3 is 0 Å². The normalized spacial score (nSPS) is 24.0. The van der Waals surface area contributed by atoms with Crippen molar-refractivity contribution >= 4 is 5.78 Å². The fourth-order valence-electron chi connectivity index (χ4n) is 2.50. The highest BCUT2D eigenvalue weighted by atomic mass is 19.1. The van der Waals surface area contributed by atoms with Crippen LogP contribution in [0.5, 0.6) is 0 Å². The molecule has 2 unspecified atom stereocenters. The Bertz CT molecular complexity index is 431. The van der Waals surface area contributed by atoms with Crippen LogP contribution in [0.2, 0.25) is 0 Å². The van der Waals surface area contributed by atoms with E-state index in [2.05, 4.69) is 0 Å². The maximum absolute atomic E-state index is 13.2. The molecule has 1 aromatic rings. The molecule has 2 rings (SSSR count). The van der Waals surface area contributed by atoms with Crippen LogP contribution in [-0.2, 0) is 4.74 Å². The molecule has 3 heteroatoms. The maximum atomic E-state index is 13.2. The molecule has 1 aromatic carbocycles. The number of carbonyl (C=O) groups is 1. The van der Waals surface area contributed by atoms with Gasteiger partial charge in [0.2, 0.25) is 0 Å². The second-order valence-corrected chi connectivity index (χ2v) is 4.86. The van der Waals surface area contributed by atoms with Crippen LogP contribution in [-0.4, -0.2) is 18.5 Å². The van der Waals surface area contributed by atoms with E-state index < -0.39 is 0 Å². The minimum absolute atomic E-state index is 0.0761. The number of hydrogen-bond donors (Lipinski definition) is 0. The maximum Gasteiger partial charge on any atom is 0.168 e. The Labute approximate surface area is 101 Å². The second-order valence-electron chi connectivity index (χ2n) is 4.86. The first-order valence-electron chi connectivity index (χ1n) is 5.91. The highest BCUT2D eigenvalue weighted by Crippen LogP contribution is 2.26. The molecule has 17 heavy (non-hydrogen) atoms. The molecule has 2 nitrogen and oxygen atoms in total. The van der Waals surface area contributed by atoms with E-state index in [0.29, 0.717) is 23.3 Å². The van der Waals surface area contributed by atoms with Crippen LogP contribution in [0.15, 0.2) is 12.1 Å². The molecule has 0 aromatic heterocycles. The van der Waals surface area contributed by atoms with Crippen molar-refractivity contribution in [2.45, 2.75) is 33.3 Å². The quantitative estimate of drug-likeness (QED) is 0.738. The van der Waals surface area contributed by atoms with Crippen LogP contribution < -0.4 is 0 Å². The van der Waals surface area contributed by atoms with Crippen LogP contribution in [0.1, 0.15) is 34.8 Å². The highest BCUT2D eigenvalue weighted by Gasteiger charge is 2.30. The summed E-state index contributed by atoms with van der Waals surface area (Å²) in [7, 11) is 0. The molecule has 1 aliphatic rings. The molecule has 0 radical (unpaired) electrons. The van der Waals surface area contributed by atoms with E-state index in [-0.39, 0.29) is 23.6 Å². The zero-order chi connectivity index (χ0) is 12.6. The summed E-state index contributed by atoms with van der Waals surface area (Å²) in [5.41, 5.74) is 2.09. The first-order chi connectivity index (χ1) is 7.99. The summed E-state index contributed by atoms with van der Waals surface area (Å²) in [6, 6.07) is 2.83. The molecule has 0 N–H and O–H groups in total. The number of aryl methyl sites for hydroxylation is 2. The average Bonchev–Trinajstić information content (AvgIpc) is 2.63. The molecular weight excluding hydrogens is 219 g/mol. The molecule has 0 bridgehead atoms. The van der Waals surface area contributed by atoms with Gasteiger partial charge in [0.05, 0.1) is 12.7 Å². The molecule has 0 saturated carbocycles. The Morgan fingerprint density at radius 3 is 2.41 bits per heavy atom. The minimum atomic E-state index is -0.285. The number of Topliss-reactive ketones (excluding diaryl/α,β-unsaturated/α-hetero) is 1. The van der Waals surface area contributed by atoms with Crippen molar-refractivity contribution < 1.29 is 13.9 Å². The number of hydrogen-bond acceptors (Lipinski definition) is 2. The van der Waals surface area contributed by atoms with Gasteiger partial charge in [0.1, 0.15) is 5.82 Å². The molecule has 1 saturated heterocycles. The SMILES string of the molecule is Cc1cc(F)cc(C)c1C(=O)C1COC(C)C1. The third-order valence-corrected chi connectivity index (χ3v) is 3.31. The molecule has 1 heterocycles. The van der Waals surface area contributed by atoms with Gasteiger partial charge in [-0.25, -0.2) is 4.39 Å². The van der Waals surface area contributed by atoms with E-state index in [1.165, 1.54) is 12.1 Å². The van der Waals surface area contributed by atoms with E-state index in [4.69, 9.17) is 4.74 Å². The summed E-state index contributed by atoms with van der Waals surface area (Å²) in [5, 5.41) is 0.